The summed E-state index contributed by atoms with van der Waals surface area (Å²) in [6.45, 7) is 1.68. The molecular formula is C20H19NO5. The van der Waals surface area contributed by atoms with E-state index in [9.17, 15) is 9.59 Å². The number of carbonyl (C=O) groups excluding carboxylic acids is 2. The van der Waals surface area contributed by atoms with Gasteiger partial charge in [-0.25, -0.2) is 4.79 Å². The van der Waals surface area contributed by atoms with E-state index in [2.05, 4.69) is 5.32 Å². The van der Waals surface area contributed by atoms with Crippen LogP contribution in [0.25, 0.3) is 11.0 Å². The van der Waals surface area contributed by atoms with Gasteiger partial charge in [-0.05, 0) is 24.6 Å². The van der Waals surface area contributed by atoms with Gasteiger partial charge in [0.2, 0.25) is 5.76 Å². The van der Waals surface area contributed by atoms with E-state index in [1.54, 1.807) is 12.1 Å². The van der Waals surface area contributed by atoms with Crippen molar-refractivity contribution in [2.45, 2.75) is 13.5 Å². The minimum absolute atomic E-state index is 0.0525. The molecule has 1 heterocycles. The molecule has 0 unspecified atom stereocenters. The van der Waals surface area contributed by atoms with Gasteiger partial charge in [0.15, 0.2) is 6.61 Å². The molecule has 0 saturated carbocycles. The van der Waals surface area contributed by atoms with Gasteiger partial charge in [0.1, 0.15) is 5.58 Å². The van der Waals surface area contributed by atoms with E-state index in [0.29, 0.717) is 16.8 Å². The molecule has 1 N–H and O–H groups in total. The average molecular weight is 353 g/mol. The number of anilines is 1. The van der Waals surface area contributed by atoms with Crippen molar-refractivity contribution in [1.82, 2.24) is 0 Å². The highest BCUT2D eigenvalue weighted by Gasteiger charge is 2.22. The van der Waals surface area contributed by atoms with E-state index in [1.165, 1.54) is 7.11 Å². The van der Waals surface area contributed by atoms with Crippen LogP contribution in [0.3, 0.4) is 0 Å². The number of methoxy groups -OCH3 is 1. The van der Waals surface area contributed by atoms with Crippen LogP contribution >= 0.6 is 0 Å². The molecule has 0 atom stereocenters. The number of hydrogen-bond acceptors (Lipinski definition) is 5. The first-order chi connectivity index (χ1) is 12.6. The second kappa shape index (κ2) is 7.84. The van der Waals surface area contributed by atoms with Crippen LogP contribution in [0, 0.1) is 6.92 Å². The topological polar surface area (TPSA) is 77.8 Å². The van der Waals surface area contributed by atoms with Crippen molar-refractivity contribution in [3.05, 3.63) is 65.4 Å². The summed E-state index contributed by atoms with van der Waals surface area (Å²) in [5, 5.41) is 3.49. The number of aryl methyl sites for hydroxylation is 1. The van der Waals surface area contributed by atoms with Gasteiger partial charge < -0.3 is 19.2 Å². The Hall–Kier alpha value is -3.12. The van der Waals surface area contributed by atoms with E-state index in [0.717, 1.165) is 10.9 Å². The first-order valence-electron chi connectivity index (χ1n) is 8.12. The van der Waals surface area contributed by atoms with Gasteiger partial charge in [-0.1, -0.05) is 36.4 Å². The normalized spacial score (nSPS) is 10.7. The summed E-state index contributed by atoms with van der Waals surface area (Å²) in [6, 6.07) is 14.6. The molecule has 0 saturated heterocycles. The largest absolute Gasteiger partial charge is 0.450 e. The molecule has 3 rings (SSSR count). The van der Waals surface area contributed by atoms with Crippen LogP contribution in [-0.2, 0) is 20.9 Å². The Morgan fingerprint density at radius 1 is 1.08 bits per heavy atom. The van der Waals surface area contributed by atoms with E-state index >= 15 is 0 Å². The minimum Gasteiger partial charge on any atom is -0.450 e. The molecule has 0 aliphatic rings. The zero-order valence-electron chi connectivity index (χ0n) is 14.6. The Morgan fingerprint density at radius 3 is 2.58 bits per heavy atom. The van der Waals surface area contributed by atoms with Crippen LogP contribution in [0.1, 0.15) is 21.7 Å². The highest BCUT2D eigenvalue weighted by atomic mass is 16.5. The molecule has 26 heavy (non-hydrogen) atoms. The predicted octanol–water partition coefficient (Wildman–Crippen LogP) is 3.68. The van der Waals surface area contributed by atoms with Crippen LogP contribution in [0.15, 0.2) is 52.9 Å². The first-order valence-corrected chi connectivity index (χ1v) is 8.12. The molecule has 0 fully saturated rings. The minimum atomic E-state index is -0.701. The zero-order chi connectivity index (χ0) is 18.5. The van der Waals surface area contributed by atoms with Gasteiger partial charge in [-0.3, -0.25) is 4.79 Å². The van der Waals surface area contributed by atoms with Crippen molar-refractivity contribution in [2.24, 2.45) is 0 Å². The second-order valence-corrected chi connectivity index (χ2v) is 5.78. The summed E-state index contributed by atoms with van der Waals surface area (Å²) >= 11 is 0. The van der Waals surface area contributed by atoms with Gasteiger partial charge in [-0.2, -0.15) is 0 Å². The van der Waals surface area contributed by atoms with Gasteiger partial charge in [-0.15, -0.1) is 0 Å². The fourth-order valence-corrected chi connectivity index (χ4v) is 2.65. The molecule has 0 bridgehead atoms. The Morgan fingerprint density at radius 2 is 1.81 bits per heavy atom. The Labute approximate surface area is 150 Å². The van der Waals surface area contributed by atoms with Crippen molar-refractivity contribution in [1.29, 1.82) is 0 Å². The molecule has 0 spiro atoms. The zero-order valence-corrected chi connectivity index (χ0v) is 14.6. The molecule has 0 aliphatic carbocycles. The Kier molecular flexibility index (Phi) is 5.34. The van der Waals surface area contributed by atoms with Crippen molar-refractivity contribution in [2.75, 3.05) is 19.0 Å². The standard InChI is InChI=1S/C20H19NO5/c1-13-7-3-5-9-16(13)21-18(22)12-25-20(23)19-15(11-24-2)14-8-4-6-10-17(14)26-19/h3-10H,11-12H2,1-2H3,(H,21,22). The third-order valence-electron chi connectivity index (χ3n) is 3.93. The number of benzene rings is 2. The highest BCUT2D eigenvalue weighted by molar-refractivity contribution is 5.98. The van der Waals surface area contributed by atoms with E-state index in [1.807, 2.05) is 43.3 Å². The van der Waals surface area contributed by atoms with E-state index < -0.39 is 18.5 Å². The molecule has 0 aliphatic heterocycles. The van der Waals surface area contributed by atoms with E-state index in [-0.39, 0.29) is 12.4 Å². The number of rotatable bonds is 6. The summed E-state index contributed by atoms with van der Waals surface area (Å²) in [7, 11) is 1.53. The molecule has 1 aromatic heterocycles. The van der Waals surface area contributed by atoms with Crippen molar-refractivity contribution < 1.29 is 23.5 Å². The SMILES string of the molecule is COCc1c(C(=O)OCC(=O)Nc2ccccc2C)oc2ccccc12. The number of esters is 1. The number of carbonyl (C=O) groups is 2. The van der Waals surface area contributed by atoms with Crippen molar-refractivity contribution in [3.63, 3.8) is 0 Å². The van der Waals surface area contributed by atoms with Crippen molar-refractivity contribution in [3.8, 4) is 0 Å². The fraction of sp³-hybridized carbons (Fsp3) is 0.200. The van der Waals surface area contributed by atoms with Crippen LogP contribution in [0.4, 0.5) is 5.69 Å². The van der Waals surface area contributed by atoms with Crippen LogP contribution in [0.2, 0.25) is 0 Å². The number of ether oxygens (including phenoxy) is 2. The summed E-state index contributed by atoms with van der Waals surface area (Å²) in [4.78, 5) is 24.4. The number of para-hydroxylation sites is 2. The predicted molar refractivity (Wildman–Crippen MR) is 97.0 cm³/mol. The fourth-order valence-electron chi connectivity index (χ4n) is 2.65. The van der Waals surface area contributed by atoms with Gasteiger partial charge in [0.25, 0.3) is 5.91 Å². The lowest BCUT2D eigenvalue weighted by atomic mass is 10.1. The number of amides is 1. The Balaban J connectivity index is 1.70. The average Bonchev–Trinajstić information content (AvgIpc) is 3.01. The van der Waals surface area contributed by atoms with Gasteiger partial charge in [0.05, 0.1) is 6.61 Å². The molecule has 134 valence electrons. The summed E-state index contributed by atoms with van der Waals surface area (Å²) < 4.78 is 15.9. The molecule has 6 heteroatoms. The summed E-state index contributed by atoms with van der Waals surface area (Å²) in [6.07, 6.45) is 0. The van der Waals surface area contributed by atoms with Crippen molar-refractivity contribution >= 4 is 28.5 Å². The molecule has 1 amide bonds. The van der Waals surface area contributed by atoms with Gasteiger partial charge in [0, 0.05) is 23.7 Å². The maximum Gasteiger partial charge on any atom is 0.375 e. The number of fused-ring (bicyclic) bond motifs is 1. The van der Waals surface area contributed by atoms with E-state index in [4.69, 9.17) is 13.9 Å². The maximum absolute atomic E-state index is 12.4. The molecule has 0 radical (unpaired) electrons. The highest BCUT2D eigenvalue weighted by Crippen LogP contribution is 2.27. The monoisotopic (exact) mass is 353 g/mol. The lowest BCUT2D eigenvalue weighted by molar-refractivity contribution is -0.119. The molecule has 6 nitrogen and oxygen atoms in total. The Bertz CT molecular complexity index is 944. The van der Waals surface area contributed by atoms with Crippen LogP contribution in [0.5, 0.6) is 0 Å². The molecule has 3 aromatic rings. The summed E-state index contributed by atoms with van der Waals surface area (Å²) in [5.41, 5.74) is 2.77. The van der Waals surface area contributed by atoms with Crippen LogP contribution < -0.4 is 5.32 Å². The molecular weight excluding hydrogens is 334 g/mol. The third kappa shape index (κ3) is 3.75. The third-order valence-corrected chi connectivity index (χ3v) is 3.93. The smallest absolute Gasteiger partial charge is 0.375 e. The van der Waals surface area contributed by atoms with Crippen LogP contribution in [-0.4, -0.2) is 25.6 Å². The molecule has 2 aromatic carbocycles. The number of nitrogens with one attached hydrogen (secondary N) is 1. The first kappa shape index (κ1) is 17.7. The number of furan rings is 1. The lowest BCUT2D eigenvalue weighted by Crippen LogP contribution is -2.21. The summed E-state index contributed by atoms with van der Waals surface area (Å²) in [5.74, 6) is -1.07. The van der Waals surface area contributed by atoms with Gasteiger partial charge >= 0.3 is 5.97 Å². The second-order valence-electron chi connectivity index (χ2n) is 5.78. The number of hydrogen-bond donors (Lipinski definition) is 1. The maximum atomic E-state index is 12.4. The lowest BCUT2D eigenvalue weighted by Gasteiger charge is -2.08. The quantitative estimate of drug-likeness (QED) is 0.684.